The van der Waals surface area contributed by atoms with Crippen molar-refractivity contribution in [2.45, 2.75) is 6.92 Å². The van der Waals surface area contributed by atoms with Crippen molar-refractivity contribution >= 4 is 22.1 Å². The van der Waals surface area contributed by atoms with Gasteiger partial charge in [-0.1, -0.05) is 24.0 Å². The molecule has 4 aromatic heterocycles. The molecule has 0 aliphatic heterocycles. The molecule has 1 aromatic carbocycles. The van der Waals surface area contributed by atoms with Crippen LogP contribution in [0, 0.1) is 19.3 Å². The molecule has 0 saturated heterocycles. The molecule has 0 unspecified atom stereocenters. The minimum absolute atomic E-state index is 0. The Hall–Kier alpha value is -2.37. The molecular formula is C21H15N4OY-. The number of aromatic nitrogens is 4. The molecule has 27 heavy (non-hydrogen) atoms. The summed E-state index contributed by atoms with van der Waals surface area (Å²) in [6.07, 6.45) is 11.7. The summed E-state index contributed by atoms with van der Waals surface area (Å²) < 4.78 is 10.1. The molecule has 4 heterocycles. The predicted octanol–water partition coefficient (Wildman–Crippen LogP) is 3.56. The molecule has 1 radical (unpaired) electrons. The van der Waals surface area contributed by atoms with E-state index in [1.807, 2.05) is 46.6 Å². The Bertz CT molecular complexity index is 1260. The van der Waals surface area contributed by atoms with E-state index in [1.165, 1.54) is 0 Å². The van der Waals surface area contributed by atoms with Crippen LogP contribution in [0.2, 0.25) is 0 Å². The standard InChI is InChI=1S/C21H15N4O.Y/c1-14-7-8-16-17-6-4-10-23-20(17)26-19(16)18(14)21-24(2)11-12-25(21)15-5-3-9-22-13-15;/h3-11H,1-2H3;/q-1;. The first-order chi connectivity index (χ1) is 12.7. The average molecular weight is 428 g/mol. The molecule has 5 aromatic rings. The maximum atomic E-state index is 6.16. The smallest absolute Gasteiger partial charge is 0.227 e. The van der Waals surface area contributed by atoms with Gasteiger partial charge < -0.3 is 14.0 Å². The molecule has 5 rings (SSSR count). The van der Waals surface area contributed by atoms with Crippen LogP contribution in [0.25, 0.3) is 39.1 Å². The van der Waals surface area contributed by atoms with Gasteiger partial charge in [-0.25, -0.2) is 4.98 Å². The van der Waals surface area contributed by atoms with E-state index in [-0.39, 0.29) is 32.7 Å². The Morgan fingerprint density at radius 1 is 1.07 bits per heavy atom. The second kappa shape index (κ2) is 6.98. The first kappa shape index (κ1) is 18.0. The van der Waals surface area contributed by atoms with Crippen molar-refractivity contribution in [1.29, 1.82) is 0 Å². The Morgan fingerprint density at radius 2 is 1.93 bits per heavy atom. The monoisotopic (exact) mass is 428 g/mol. The van der Waals surface area contributed by atoms with E-state index in [0.29, 0.717) is 5.71 Å². The summed E-state index contributed by atoms with van der Waals surface area (Å²) >= 11 is 0. The molecule has 5 nitrogen and oxygen atoms in total. The van der Waals surface area contributed by atoms with Crippen LogP contribution in [0.4, 0.5) is 0 Å². The largest absolute Gasteiger partial charge is 0.438 e. The predicted molar refractivity (Wildman–Crippen MR) is 97.7 cm³/mol. The number of furan rings is 1. The quantitative estimate of drug-likeness (QED) is 0.319. The first-order valence-corrected chi connectivity index (χ1v) is 8.33. The fourth-order valence-corrected chi connectivity index (χ4v) is 3.39. The van der Waals surface area contributed by atoms with Gasteiger partial charge in [0.25, 0.3) is 0 Å². The maximum Gasteiger partial charge on any atom is 0.227 e. The van der Waals surface area contributed by atoms with Crippen LogP contribution < -0.4 is 4.57 Å². The molecule has 0 aliphatic rings. The fourth-order valence-electron chi connectivity index (χ4n) is 3.39. The summed E-state index contributed by atoms with van der Waals surface area (Å²) in [5.41, 5.74) is 4.43. The molecule has 0 N–H and O–H groups in total. The zero-order valence-corrected chi connectivity index (χ0v) is 17.8. The Balaban J connectivity index is 0.00000180. The third-order valence-electron chi connectivity index (χ3n) is 4.61. The third-order valence-corrected chi connectivity index (χ3v) is 4.61. The number of fused-ring (bicyclic) bond motifs is 3. The van der Waals surface area contributed by atoms with E-state index in [2.05, 4.69) is 41.4 Å². The van der Waals surface area contributed by atoms with Crippen molar-refractivity contribution in [3.63, 3.8) is 0 Å². The number of nitrogens with zero attached hydrogens (tertiary/aromatic N) is 4. The summed E-state index contributed by atoms with van der Waals surface area (Å²) in [6.45, 7) is 2.08. The SMILES string of the molecule is Cc1ccc2c(oc3ncccc32)c1-c1n(C)c[c-][n+]1-c1[c-]nccc1.[Y]. The summed E-state index contributed by atoms with van der Waals surface area (Å²) in [6, 6.07) is 12.0. The molecule has 0 atom stereocenters. The number of pyridine rings is 2. The third kappa shape index (κ3) is 2.82. The minimum atomic E-state index is 0. The van der Waals surface area contributed by atoms with Gasteiger partial charge in [-0.05, 0) is 24.6 Å². The van der Waals surface area contributed by atoms with E-state index in [1.54, 1.807) is 12.4 Å². The van der Waals surface area contributed by atoms with Crippen LogP contribution in [0.5, 0.6) is 0 Å². The zero-order valence-electron chi connectivity index (χ0n) is 15.0. The maximum absolute atomic E-state index is 6.16. The number of imidazole rings is 1. The van der Waals surface area contributed by atoms with Gasteiger partial charge in [0.15, 0.2) is 5.82 Å². The Morgan fingerprint density at radius 3 is 2.74 bits per heavy atom. The normalized spacial score (nSPS) is 11.0. The second-order valence-corrected chi connectivity index (χ2v) is 6.25. The summed E-state index contributed by atoms with van der Waals surface area (Å²) in [5.74, 6) is 0.955. The van der Waals surface area contributed by atoms with Crippen LogP contribution in [0.15, 0.2) is 59.4 Å². The Kier molecular flexibility index (Phi) is 4.66. The molecule has 0 saturated carbocycles. The van der Waals surface area contributed by atoms with E-state index >= 15 is 0 Å². The van der Waals surface area contributed by atoms with E-state index in [4.69, 9.17) is 4.42 Å². The molecule has 0 aliphatic carbocycles. The van der Waals surface area contributed by atoms with Crippen LogP contribution >= 0.6 is 0 Å². The van der Waals surface area contributed by atoms with Gasteiger partial charge in [-0.2, -0.15) is 12.1 Å². The van der Waals surface area contributed by atoms with Gasteiger partial charge in [0, 0.05) is 49.7 Å². The number of benzene rings is 1. The van der Waals surface area contributed by atoms with Gasteiger partial charge in [-0.3, -0.25) is 4.57 Å². The summed E-state index contributed by atoms with van der Waals surface area (Å²) in [5, 5.41) is 2.07. The molecule has 129 valence electrons. The topological polar surface area (TPSA) is 47.7 Å². The fraction of sp³-hybridized carbons (Fsp3) is 0.0952. The molecule has 0 spiro atoms. The average Bonchev–Trinajstić information content (AvgIpc) is 3.23. The van der Waals surface area contributed by atoms with E-state index in [0.717, 1.165) is 39.0 Å². The molecular weight excluding hydrogens is 413 g/mol. The van der Waals surface area contributed by atoms with Crippen molar-refractivity contribution in [2.75, 3.05) is 0 Å². The molecule has 6 heteroatoms. The van der Waals surface area contributed by atoms with E-state index < -0.39 is 0 Å². The van der Waals surface area contributed by atoms with Crippen molar-refractivity contribution in [1.82, 2.24) is 14.5 Å². The first-order valence-electron chi connectivity index (χ1n) is 8.33. The molecule has 0 amide bonds. The van der Waals surface area contributed by atoms with Gasteiger partial charge in [0.05, 0.1) is 25.0 Å². The summed E-state index contributed by atoms with van der Waals surface area (Å²) in [7, 11) is 2.00. The van der Waals surface area contributed by atoms with Crippen molar-refractivity contribution < 1.29 is 41.7 Å². The van der Waals surface area contributed by atoms with Gasteiger partial charge in [0.1, 0.15) is 5.58 Å². The van der Waals surface area contributed by atoms with Gasteiger partial charge in [-0.15, -0.1) is 6.20 Å². The Labute approximate surface area is 181 Å². The number of rotatable bonds is 2. The molecule has 0 bridgehead atoms. The van der Waals surface area contributed by atoms with Crippen molar-refractivity contribution in [3.05, 3.63) is 72.9 Å². The van der Waals surface area contributed by atoms with Crippen LogP contribution in [0.1, 0.15) is 5.56 Å². The molecule has 0 fully saturated rings. The summed E-state index contributed by atoms with van der Waals surface area (Å²) in [4.78, 5) is 8.49. The number of hydrogen-bond donors (Lipinski definition) is 0. The minimum Gasteiger partial charge on any atom is -0.438 e. The van der Waals surface area contributed by atoms with Gasteiger partial charge >= 0.3 is 0 Å². The number of hydrogen-bond acceptors (Lipinski definition) is 3. The van der Waals surface area contributed by atoms with Crippen LogP contribution in [-0.2, 0) is 39.8 Å². The van der Waals surface area contributed by atoms with E-state index in [9.17, 15) is 0 Å². The van der Waals surface area contributed by atoms with Crippen molar-refractivity contribution in [2.24, 2.45) is 7.05 Å². The second-order valence-electron chi connectivity index (χ2n) is 6.25. The zero-order chi connectivity index (χ0) is 17.7. The van der Waals surface area contributed by atoms with Gasteiger partial charge in [0.2, 0.25) is 5.71 Å². The number of aryl methyl sites for hydroxylation is 2. The van der Waals surface area contributed by atoms with Crippen molar-refractivity contribution in [3.8, 4) is 17.1 Å². The van der Waals surface area contributed by atoms with Crippen LogP contribution in [0.3, 0.4) is 0 Å². The van der Waals surface area contributed by atoms with Crippen LogP contribution in [-0.4, -0.2) is 14.5 Å².